The van der Waals surface area contributed by atoms with Crippen LogP contribution in [0.2, 0.25) is 0 Å². The molecule has 1 N–H and O–H groups in total. The predicted molar refractivity (Wildman–Crippen MR) is 133 cm³/mol. The highest BCUT2D eigenvalue weighted by Gasteiger charge is 2.73. The Hall–Kier alpha value is -1.99. The molecule has 9 atom stereocenters. The third-order valence-electron chi connectivity index (χ3n) is 9.65. The Labute approximate surface area is 217 Å². The number of rotatable bonds is 6. The van der Waals surface area contributed by atoms with Gasteiger partial charge in [0.1, 0.15) is 0 Å². The molecule has 0 unspecified atom stereocenters. The van der Waals surface area contributed by atoms with E-state index in [1.807, 2.05) is 26.8 Å². The number of fused-ring (bicyclic) bond motifs is 5. The molecule has 0 heterocycles. The predicted octanol–water partition coefficient (Wildman–Crippen LogP) is 3.94. The molecule has 3 saturated carbocycles. The number of alkyl halides is 1. The number of ketones is 2. The summed E-state index contributed by atoms with van der Waals surface area (Å²) in [5, 5.41) is 11.4. The van der Waals surface area contributed by atoms with Gasteiger partial charge in [-0.25, -0.2) is 0 Å². The monoisotopic (exact) mass is 520 g/mol. The SMILES string of the molecule is CCC(=O)OCC(=O)[C@]1(OC(=O)CC)[C@H](C)C[C@H]2[C@H]3[C@H]([C@@H](O)C[C@@]21C)[C@@]1(C)C=CC(=O)C=C1C[C@H]3Cl. The van der Waals surface area contributed by atoms with Gasteiger partial charge >= 0.3 is 11.9 Å². The number of hydrogen-bond acceptors (Lipinski definition) is 7. The zero-order valence-corrected chi connectivity index (χ0v) is 22.5. The number of carbonyl (C=O) groups is 4. The van der Waals surface area contributed by atoms with Crippen molar-refractivity contribution in [1.82, 2.24) is 0 Å². The van der Waals surface area contributed by atoms with Crippen molar-refractivity contribution in [3.63, 3.8) is 0 Å². The van der Waals surface area contributed by atoms with Crippen molar-refractivity contribution in [2.75, 3.05) is 6.61 Å². The second-order valence-electron chi connectivity index (χ2n) is 11.4. The van der Waals surface area contributed by atoms with Crippen LogP contribution in [0, 0.1) is 34.5 Å². The summed E-state index contributed by atoms with van der Waals surface area (Å²) in [6.45, 7) is 8.69. The first-order chi connectivity index (χ1) is 16.9. The number of allylic oxidation sites excluding steroid dienone is 4. The molecule has 0 radical (unpaired) electrons. The molecule has 198 valence electrons. The summed E-state index contributed by atoms with van der Waals surface area (Å²) in [6.07, 6.45) is 5.79. The van der Waals surface area contributed by atoms with E-state index in [0.717, 1.165) is 5.57 Å². The van der Waals surface area contributed by atoms with Gasteiger partial charge in [-0.2, -0.15) is 0 Å². The summed E-state index contributed by atoms with van der Waals surface area (Å²) in [6, 6.07) is 0. The van der Waals surface area contributed by atoms with Gasteiger partial charge in [0.2, 0.25) is 5.78 Å². The number of aliphatic hydroxyl groups is 1. The van der Waals surface area contributed by atoms with E-state index in [1.54, 1.807) is 26.0 Å². The minimum absolute atomic E-state index is 0.0767. The van der Waals surface area contributed by atoms with Crippen LogP contribution in [0.1, 0.15) is 66.7 Å². The molecule has 0 aliphatic heterocycles. The van der Waals surface area contributed by atoms with E-state index >= 15 is 0 Å². The van der Waals surface area contributed by atoms with Gasteiger partial charge in [0.05, 0.1) is 6.10 Å². The Bertz CT molecular complexity index is 1030. The average Bonchev–Trinajstić information content (AvgIpc) is 3.04. The molecule has 0 aromatic rings. The molecule has 0 saturated heterocycles. The Balaban J connectivity index is 1.79. The first-order valence-electron chi connectivity index (χ1n) is 13.0. The van der Waals surface area contributed by atoms with Crippen molar-refractivity contribution in [3.8, 4) is 0 Å². The molecular formula is C28H37ClO7. The van der Waals surface area contributed by atoms with Crippen LogP contribution in [-0.2, 0) is 28.7 Å². The quantitative estimate of drug-likeness (QED) is 0.417. The number of ether oxygens (including phenoxy) is 2. The zero-order valence-electron chi connectivity index (χ0n) is 21.7. The van der Waals surface area contributed by atoms with Crippen LogP contribution in [0.4, 0.5) is 0 Å². The average molecular weight is 521 g/mol. The first-order valence-corrected chi connectivity index (χ1v) is 13.5. The minimum atomic E-state index is -1.54. The third-order valence-corrected chi connectivity index (χ3v) is 10.1. The van der Waals surface area contributed by atoms with Gasteiger partial charge in [-0.3, -0.25) is 19.2 Å². The van der Waals surface area contributed by atoms with Crippen molar-refractivity contribution in [1.29, 1.82) is 0 Å². The molecule has 4 aliphatic rings. The van der Waals surface area contributed by atoms with Gasteiger partial charge in [0.25, 0.3) is 0 Å². The number of carbonyl (C=O) groups excluding carboxylic acids is 4. The Morgan fingerprint density at radius 3 is 2.47 bits per heavy atom. The van der Waals surface area contributed by atoms with Gasteiger partial charge < -0.3 is 14.6 Å². The van der Waals surface area contributed by atoms with E-state index in [-0.39, 0.29) is 54.1 Å². The number of Topliss-reactive ketones (excluding diaryl/α,β-unsaturated/α-hetero) is 1. The standard InChI is InChI=1S/C28H37ClO7/c1-6-22(33)35-14-21(32)28(36-23(34)7-2)15(3)10-18-24-19(29)12-16-11-17(30)8-9-26(16,4)25(24)20(31)13-27(18,28)5/h8-9,11,15,18-20,24-25,31H,6-7,10,12-14H2,1-5H3/t15-,18+,19-,20+,24-,25+,26+,27+,28-/m1/s1. The van der Waals surface area contributed by atoms with Gasteiger partial charge in [0, 0.05) is 40.9 Å². The summed E-state index contributed by atoms with van der Waals surface area (Å²) in [5.74, 6) is -2.44. The molecule has 8 heteroatoms. The molecule has 4 aliphatic carbocycles. The topological polar surface area (TPSA) is 107 Å². The third kappa shape index (κ3) is 3.80. The lowest BCUT2D eigenvalue weighted by Gasteiger charge is -2.61. The number of halogens is 1. The van der Waals surface area contributed by atoms with Crippen LogP contribution in [0.15, 0.2) is 23.8 Å². The highest BCUT2D eigenvalue weighted by atomic mass is 35.5. The normalized spacial score (nSPS) is 43.1. The molecule has 0 aromatic carbocycles. The first kappa shape index (κ1) is 27.1. The fourth-order valence-electron chi connectivity index (χ4n) is 8.04. The fourth-order valence-corrected chi connectivity index (χ4v) is 8.54. The Kier molecular flexibility index (Phi) is 7.06. The van der Waals surface area contributed by atoms with Crippen molar-refractivity contribution < 1.29 is 33.8 Å². The molecular weight excluding hydrogens is 484 g/mol. The van der Waals surface area contributed by atoms with E-state index in [4.69, 9.17) is 21.1 Å². The van der Waals surface area contributed by atoms with Gasteiger partial charge in [-0.05, 0) is 43.3 Å². The summed E-state index contributed by atoms with van der Waals surface area (Å²) < 4.78 is 11.3. The smallest absolute Gasteiger partial charge is 0.306 e. The molecule has 0 bridgehead atoms. The van der Waals surface area contributed by atoms with Crippen LogP contribution >= 0.6 is 11.6 Å². The molecule has 3 fully saturated rings. The largest absolute Gasteiger partial charge is 0.457 e. The maximum atomic E-state index is 13.9. The molecule has 0 aromatic heterocycles. The van der Waals surface area contributed by atoms with Gasteiger partial charge in [-0.1, -0.05) is 46.3 Å². The highest BCUT2D eigenvalue weighted by Crippen LogP contribution is 2.69. The molecule has 36 heavy (non-hydrogen) atoms. The van der Waals surface area contributed by atoms with Crippen LogP contribution in [0.3, 0.4) is 0 Å². The van der Waals surface area contributed by atoms with Crippen molar-refractivity contribution >= 4 is 35.1 Å². The van der Waals surface area contributed by atoms with E-state index in [2.05, 4.69) is 0 Å². The second-order valence-corrected chi connectivity index (χ2v) is 12.0. The van der Waals surface area contributed by atoms with Crippen molar-refractivity contribution in [2.24, 2.45) is 34.5 Å². The van der Waals surface area contributed by atoms with Crippen LogP contribution < -0.4 is 0 Å². The van der Waals surface area contributed by atoms with Gasteiger partial charge in [-0.15, -0.1) is 11.6 Å². The molecule has 4 rings (SSSR count). The van der Waals surface area contributed by atoms with Crippen LogP contribution in [0.5, 0.6) is 0 Å². The Morgan fingerprint density at radius 2 is 1.83 bits per heavy atom. The lowest BCUT2D eigenvalue weighted by atomic mass is 9.46. The molecule has 0 spiro atoms. The fraction of sp³-hybridized carbons (Fsp3) is 0.714. The van der Waals surface area contributed by atoms with E-state index in [0.29, 0.717) is 12.8 Å². The molecule has 7 nitrogen and oxygen atoms in total. The lowest BCUT2D eigenvalue weighted by Crippen LogP contribution is -2.65. The summed E-state index contributed by atoms with van der Waals surface area (Å²) in [4.78, 5) is 50.5. The van der Waals surface area contributed by atoms with Crippen LogP contribution in [0.25, 0.3) is 0 Å². The minimum Gasteiger partial charge on any atom is -0.457 e. The van der Waals surface area contributed by atoms with E-state index in [9.17, 15) is 24.3 Å². The summed E-state index contributed by atoms with van der Waals surface area (Å²) in [5.41, 5.74) is -2.06. The maximum absolute atomic E-state index is 13.9. The van der Waals surface area contributed by atoms with Gasteiger partial charge in [0.15, 0.2) is 18.0 Å². The second kappa shape index (κ2) is 9.39. The summed E-state index contributed by atoms with van der Waals surface area (Å²) in [7, 11) is 0. The van der Waals surface area contributed by atoms with Crippen molar-refractivity contribution in [2.45, 2.75) is 83.8 Å². The lowest BCUT2D eigenvalue weighted by molar-refractivity contribution is -0.205. The van der Waals surface area contributed by atoms with E-state index in [1.165, 1.54) is 0 Å². The Morgan fingerprint density at radius 1 is 1.17 bits per heavy atom. The number of hydrogen-bond donors (Lipinski definition) is 1. The number of aliphatic hydroxyl groups excluding tert-OH is 1. The summed E-state index contributed by atoms with van der Waals surface area (Å²) >= 11 is 7.04. The number of esters is 2. The molecule has 0 amide bonds. The van der Waals surface area contributed by atoms with E-state index < -0.39 is 46.9 Å². The van der Waals surface area contributed by atoms with Crippen LogP contribution in [-0.4, -0.2) is 52.3 Å². The maximum Gasteiger partial charge on any atom is 0.306 e. The van der Waals surface area contributed by atoms with Crippen molar-refractivity contribution in [3.05, 3.63) is 23.8 Å². The highest BCUT2D eigenvalue weighted by molar-refractivity contribution is 6.21. The zero-order chi connectivity index (χ0) is 26.6.